The predicted octanol–water partition coefficient (Wildman–Crippen LogP) is 1.37. The van der Waals surface area contributed by atoms with Gasteiger partial charge in [0.25, 0.3) is 0 Å². The lowest BCUT2D eigenvalue weighted by atomic mass is 10.1. The van der Waals surface area contributed by atoms with Gasteiger partial charge in [0.05, 0.1) is 19.4 Å². The molecule has 1 aliphatic heterocycles. The van der Waals surface area contributed by atoms with Gasteiger partial charge in [-0.1, -0.05) is 17.7 Å². The van der Waals surface area contributed by atoms with Gasteiger partial charge in [0.2, 0.25) is 11.8 Å². The lowest BCUT2D eigenvalue weighted by Crippen LogP contribution is -2.34. The molecular formula is C15H17ClN2O4. The van der Waals surface area contributed by atoms with Crippen LogP contribution in [0.2, 0.25) is 5.02 Å². The summed E-state index contributed by atoms with van der Waals surface area (Å²) in [6, 6.07) is 6.95. The van der Waals surface area contributed by atoms with Crippen molar-refractivity contribution in [2.45, 2.75) is 12.8 Å². The molecule has 2 rings (SSSR count). The number of carbonyl (C=O) groups is 3. The van der Waals surface area contributed by atoms with Gasteiger partial charge in [0.15, 0.2) is 0 Å². The molecule has 0 spiro atoms. The van der Waals surface area contributed by atoms with Gasteiger partial charge in [-0.15, -0.1) is 0 Å². The van der Waals surface area contributed by atoms with Gasteiger partial charge in [0.1, 0.15) is 0 Å². The van der Waals surface area contributed by atoms with Crippen molar-refractivity contribution >= 4 is 35.1 Å². The zero-order valence-corrected chi connectivity index (χ0v) is 12.9. The summed E-state index contributed by atoms with van der Waals surface area (Å²) >= 11 is 5.92. The number of halogens is 1. The summed E-state index contributed by atoms with van der Waals surface area (Å²) < 4.78 is 4.50. The first-order valence-corrected chi connectivity index (χ1v) is 7.29. The summed E-state index contributed by atoms with van der Waals surface area (Å²) in [6.45, 7) is 0.511. The number of nitrogens with zero attached hydrogens (tertiary/aromatic N) is 1. The van der Waals surface area contributed by atoms with E-state index in [1.807, 2.05) is 0 Å². The van der Waals surface area contributed by atoms with Crippen LogP contribution in [0, 0.1) is 5.92 Å². The molecule has 22 heavy (non-hydrogen) atoms. The average molecular weight is 325 g/mol. The molecule has 1 aromatic rings. The van der Waals surface area contributed by atoms with Gasteiger partial charge in [-0.3, -0.25) is 14.4 Å². The highest BCUT2D eigenvalue weighted by molar-refractivity contribution is 6.30. The summed E-state index contributed by atoms with van der Waals surface area (Å²) in [7, 11) is 1.29. The number of ether oxygens (including phenoxy) is 1. The van der Waals surface area contributed by atoms with Gasteiger partial charge in [0, 0.05) is 30.2 Å². The van der Waals surface area contributed by atoms with Crippen LogP contribution >= 0.6 is 11.6 Å². The summed E-state index contributed by atoms with van der Waals surface area (Å²) in [6.07, 6.45) is 0.261. The van der Waals surface area contributed by atoms with Crippen LogP contribution in [-0.2, 0) is 19.1 Å². The zero-order valence-electron chi connectivity index (χ0n) is 12.2. The molecule has 0 aromatic heterocycles. The van der Waals surface area contributed by atoms with Crippen LogP contribution in [0.15, 0.2) is 24.3 Å². The van der Waals surface area contributed by atoms with E-state index in [2.05, 4.69) is 10.1 Å². The second-order valence-electron chi connectivity index (χ2n) is 5.00. The number of nitrogens with one attached hydrogen (secondary N) is 1. The number of hydrogen-bond acceptors (Lipinski definition) is 4. The van der Waals surface area contributed by atoms with Gasteiger partial charge in [-0.25, -0.2) is 0 Å². The number of esters is 1. The molecule has 1 fully saturated rings. The van der Waals surface area contributed by atoms with Gasteiger partial charge in [-0.2, -0.15) is 0 Å². The lowest BCUT2D eigenvalue weighted by Gasteiger charge is -2.16. The van der Waals surface area contributed by atoms with Crippen LogP contribution in [0.1, 0.15) is 12.8 Å². The third kappa shape index (κ3) is 3.98. The molecule has 0 radical (unpaired) electrons. The highest BCUT2D eigenvalue weighted by Crippen LogP contribution is 2.27. The van der Waals surface area contributed by atoms with Crippen LogP contribution in [0.3, 0.4) is 0 Å². The number of rotatable bonds is 5. The molecule has 1 unspecified atom stereocenters. The highest BCUT2D eigenvalue weighted by atomic mass is 35.5. The van der Waals surface area contributed by atoms with Crippen molar-refractivity contribution in [1.29, 1.82) is 0 Å². The second-order valence-corrected chi connectivity index (χ2v) is 5.44. The van der Waals surface area contributed by atoms with E-state index in [0.29, 0.717) is 17.3 Å². The number of methoxy groups -OCH3 is 1. The van der Waals surface area contributed by atoms with Crippen LogP contribution in [0.5, 0.6) is 0 Å². The van der Waals surface area contributed by atoms with Crippen molar-refractivity contribution in [3.63, 3.8) is 0 Å². The minimum Gasteiger partial charge on any atom is -0.469 e. The number of anilines is 1. The molecule has 1 aromatic carbocycles. The van der Waals surface area contributed by atoms with E-state index in [-0.39, 0.29) is 37.2 Å². The molecular weight excluding hydrogens is 308 g/mol. The molecule has 1 heterocycles. The maximum atomic E-state index is 12.1. The molecule has 1 saturated heterocycles. The van der Waals surface area contributed by atoms with Crippen molar-refractivity contribution in [3.05, 3.63) is 29.3 Å². The Morgan fingerprint density at radius 2 is 2.23 bits per heavy atom. The fourth-order valence-corrected chi connectivity index (χ4v) is 2.50. The Bertz CT molecular complexity index is 591. The highest BCUT2D eigenvalue weighted by Gasteiger charge is 2.35. The van der Waals surface area contributed by atoms with Crippen LogP contribution in [-0.4, -0.2) is 38.0 Å². The van der Waals surface area contributed by atoms with Crippen LogP contribution in [0.4, 0.5) is 5.69 Å². The Morgan fingerprint density at radius 1 is 1.45 bits per heavy atom. The van der Waals surface area contributed by atoms with E-state index in [0.717, 1.165) is 0 Å². The Morgan fingerprint density at radius 3 is 2.91 bits per heavy atom. The molecule has 1 aliphatic rings. The van der Waals surface area contributed by atoms with E-state index >= 15 is 0 Å². The van der Waals surface area contributed by atoms with E-state index in [1.54, 1.807) is 29.2 Å². The third-order valence-electron chi connectivity index (χ3n) is 3.47. The maximum absolute atomic E-state index is 12.1. The van der Waals surface area contributed by atoms with Gasteiger partial charge in [-0.05, 0) is 18.2 Å². The first kappa shape index (κ1) is 16.3. The van der Waals surface area contributed by atoms with E-state index in [4.69, 9.17) is 11.6 Å². The normalized spacial score (nSPS) is 17.5. The third-order valence-corrected chi connectivity index (χ3v) is 3.71. The number of hydrogen-bond donors (Lipinski definition) is 1. The topological polar surface area (TPSA) is 75.7 Å². The Labute approximate surface area is 133 Å². The summed E-state index contributed by atoms with van der Waals surface area (Å²) in [5.74, 6) is -1.16. The monoisotopic (exact) mass is 324 g/mol. The van der Waals surface area contributed by atoms with Crippen molar-refractivity contribution in [2.24, 2.45) is 5.92 Å². The van der Waals surface area contributed by atoms with Gasteiger partial charge < -0.3 is 15.0 Å². The molecule has 118 valence electrons. The minimum atomic E-state index is -0.427. The number of benzene rings is 1. The Hall–Kier alpha value is -2.08. The Balaban J connectivity index is 1.91. The summed E-state index contributed by atoms with van der Waals surface area (Å²) in [4.78, 5) is 36.6. The standard InChI is InChI=1S/C15H17ClN2O4/c1-22-14(20)5-6-17-15(21)10-7-13(19)18(9-10)12-4-2-3-11(16)8-12/h2-4,8,10H,5-7,9H2,1H3,(H,17,21). The molecule has 0 saturated carbocycles. The summed E-state index contributed by atoms with van der Waals surface area (Å²) in [5, 5.41) is 3.19. The maximum Gasteiger partial charge on any atom is 0.307 e. The molecule has 7 heteroatoms. The fourth-order valence-electron chi connectivity index (χ4n) is 2.31. The zero-order chi connectivity index (χ0) is 16.1. The van der Waals surface area contributed by atoms with Crippen molar-refractivity contribution in [1.82, 2.24) is 5.32 Å². The fraction of sp³-hybridized carbons (Fsp3) is 0.400. The van der Waals surface area contributed by atoms with E-state index in [9.17, 15) is 14.4 Å². The first-order valence-electron chi connectivity index (χ1n) is 6.91. The smallest absolute Gasteiger partial charge is 0.307 e. The van der Waals surface area contributed by atoms with Gasteiger partial charge >= 0.3 is 5.97 Å². The first-order chi connectivity index (χ1) is 10.5. The summed E-state index contributed by atoms with van der Waals surface area (Å²) in [5.41, 5.74) is 0.683. The molecule has 1 N–H and O–H groups in total. The van der Waals surface area contributed by atoms with E-state index < -0.39 is 5.92 Å². The minimum absolute atomic E-state index is 0.112. The van der Waals surface area contributed by atoms with Crippen LogP contribution < -0.4 is 10.2 Å². The SMILES string of the molecule is COC(=O)CCNC(=O)C1CC(=O)N(c2cccc(Cl)c2)C1. The predicted molar refractivity (Wildman–Crippen MR) is 81.6 cm³/mol. The lowest BCUT2D eigenvalue weighted by molar-refractivity contribution is -0.140. The largest absolute Gasteiger partial charge is 0.469 e. The molecule has 1 atom stereocenters. The molecule has 0 aliphatic carbocycles. The number of amides is 2. The number of carbonyl (C=O) groups excluding carboxylic acids is 3. The average Bonchev–Trinajstić information content (AvgIpc) is 2.89. The molecule has 0 bridgehead atoms. The van der Waals surface area contributed by atoms with Crippen LogP contribution in [0.25, 0.3) is 0 Å². The molecule has 6 nitrogen and oxygen atoms in total. The van der Waals surface area contributed by atoms with Crippen molar-refractivity contribution in [2.75, 3.05) is 25.1 Å². The second kappa shape index (κ2) is 7.26. The van der Waals surface area contributed by atoms with E-state index in [1.165, 1.54) is 7.11 Å². The van der Waals surface area contributed by atoms with Crippen molar-refractivity contribution < 1.29 is 19.1 Å². The quantitative estimate of drug-likeness (QED) is 0.830. The molecule has 2 amide bonds. The Kier molecular flexibility index (Phi) is 5.38. The van der Waals surface area contributed by atoms with Crippen molar-refractivity contribution in [3.8, 4) is 0 Å².